The Labute approximate surface area is 122 Å². The number of rotatable bonds is 1. The number of hydrogen-bond acceptors (Lipinski definition) is 4. The molecule has 7 heteroatoms. The topological polar surface area (TPSA) is 77.5 Å². The van der Waals surface area contributed by atoms with Gasteiger partial charge >= 0.3 is 29.6 Å². The Balaban J connectivity index is 0.00000144. The maximum Gasteiger partial charge on any atom is 1.00 e. The van der Waals surface area contributed by atoms with Gasteiger partial charge in [0.05, 0.1) is 4.90 Å². The van der Waals surface area contributed by atoms with E-state index in [2.05, 4.69) is 0 Å². The molecule has 0 aromatic heterocycles. The number of nitrogens with zero attached hydrogens (tertiary/aromatic N) is 1. The Kier molecular flexibility index (Phi) is 4.38. The van der Waals surface area contributed by atoms with E-state index in [0.29, 0.717) is 18.7 Å². The van der Waals surface area contributed by atoms with Gasteiger partial charge in [0, 0.05) is 19.2 Å². The zero-order valence-corrected chi connectivity index (χ0v) is 12.5. The van der Waals surface area contributed by atoms with E-state index >= 15 is 0 Å². The minimum Gasteiger partial charge on any atom is -0.744 e. The maximum absolute atomic E-state index is 11.3. The van der Waals surface area contributed by atoms with E-state index in [1.165, 1.54) is 24.0 Å². The van der Waals surface area contributed by atoms with Crippen LogP contribution in [-0.2, 0) is 21.3 Å². The molecule has 0 aliphatic carbocycles. The molecule has 1 aliphatic rings. The third-order valence-corrected chi connectivity index (χ3v) is 3.45. The van der Waals surface area contributed by atoms with Crippen molar-refractivity contribution in [2.24, 2.45) is 0 Å². The van der Waals surface area contributed by atoms with Gasteiger partial charge in [-0.3, -0.25) is 4.79 Å². The number of fused-ring (bicyclic) bond motifs is 1. The van der Waals surface area contributed by atoms with Crippen LogP contribution >= 0.6 is 0 Å². The second kappa shape index (κ2) is 5.07. The number of hydrogen-bond donors (Lipinski definition) is 0. The first kappa shape index (κ1) is 14.7. The van der Waals surface area contributed by atoms with E-state index in [1.54, 1.807) is 6.07 Å². The zero-order valence-electron chi connectivity index (χ0n) is 9.63. The van der Waals surface area contributed by atoms with Gasteiger partial charge in [0.2, 0.25) is 5.91 Å². The molecule has 0 atom stereocenters. The molecule has 0 spiro atoms. The normalized spacial score (nSPS) is 14.1. The summed E-state index contributed by atoms with van der Waals surface area (Å²) in [4.78, 5) is 12.5. The van der Waals surface area contributed by atoms with Crippen LogP contribution in [-0.4, -0.2) is 25.4 Å². The van der Waals surface area contributed by atoms with E-state index in [9.17, 15) is 17.8 Å². The van der Waals surface area contributed by atoms with Crippen LogP contribution < -0.4 is 34.5 Å². The van der Waals surface area contributed by atoms with Crippen LogP contribution in [0.5, 0.6) is 0 Å². The van der Waals surface area contributed by atoms with E-state index in [1.807, 2.05) is 0 Å². The number of carbonyl (C=O) groups excluding carboxylic acids is 1. The van der Waals surface area contributed by atoms with E-state index in [0.717, 1.165) is 5.56 Å². The number of benzene rings is 1. The molecule has 0 unspecified atom stereocenters. The standard InChI is InChI=1S/C10H11NO4S.Na/c1-7(12)11-5-4-8-2-3-9(6-10(8)11)16(13,14)15;/h2-3,6H,4-5H2,1H3,(H,13,14,15);/q;+1/p-1. The molecule has 17 heavy (non-hydrogen) atoms. The third-order valence-electron chi connectivity index (χ3n) is 2.62. The summed E-state index contributed by atoms with van der Waals surface area (Å²) >= 11 is 0. The summed E-state index contributed by atoms with van der Waals surface area (Å²) in [5.74, 6) is -0.154. The van der Waals surface area contributed by atoms with Gasteiger partial charge in [-0.25, -0.2) is 8.42 Å². The van der Waals surface area contributed by atoms with Crippen LogP contribution in [0, 0.1) is 0 Å². The van der Waals surface area contributed by atoms with Crippen molar-refractivity contribution in [3.63, 3.8) is 0 Å². The molecule has 1 aromatic carbocycles. The van der Waals surface area contributed by atoms with E-state index < -0.39 is 10.1 Å². The van der Waals surface area contributed by atoms with Crippen LogP contribution in [0.15, 0.2) is 23.1 Å². The number of amides is 1. The molecule has 5 nitrogen and oxygen atoms in total. The molecule has 0 radical (unpaired) electrons. The second-order valence-corrected chi connectivity index (χ2v) is 5.04. The summed E-state index contributed by atoms with van der Waals surface area (Å²) < 4.78 is 32.6. The maximum atomic E-state index is 11.3. The Morgan fingerprint density at radius 3 is 2.59 bits per heavy atom. The molecular formula is C10H10NNaO4S. The molecule has 1 amide bonds. The molecular weight excluding hydrogens is 253 g/mol. The van der Waals surface area contributed by atoms with Gasteiger partial charge in [0.25, 0.3) is 0 Å². The van der Waals surface area contributed by atoms with Gasteiger partial charge in [0.15, 0.2) is 0 Å². The Hall–Kier alpha value is -0.400. The van der Waals surface area contributed by atoms with Crippen LogP contribution in [0.1, 0.15) is 12.5 Å². The Morgan fingerprint density at radius 2 is 2.06 bits per heavy atom. The SMILES string of the molecule is CC(=O)N1CCc2ccc(S(=O)(=O)[O-])cc21.[Na+]. The summed E-state index contributed by atoms with van der Waals surface area (Å²) in [6.45, 7) is 1.94. The predicted octanol–water partition coefficient (Wildman–Crippen LogP) is -2.50. The van der Waals surface area contributed by atoms with Crippen molar-refractivity contribution >= 4 is 21.7 Å². The molecule has 0 saturated heterocycles. The molecule has 0 bridgehead atoms. The molecule has 86 valence electrons. The fourth-order valence-electron chi connectivity index (χ4n) is 1.84. The second-order valence-electron chi connectivity index (χ2n) is 3.67. The van der Waals surface area contributed by atoms with Crippen LogP contribution in [0.4, 0.5) is 5.69 Å². The summed E-state index contributed by atoms with van der Waals surface area (Å²) in [5.41, 5.74) is 1.42. The molecule has 1 aromatic rings. The molecule has 2 rings (SSSR count). The van der Waals surface area contributed by atoms with Gasteiger partial charge in [-0.1, -0.05) is 6.07 Å². The van der Waals surface area contributed by atoms with Gasteiger partial charge in [0.1, 0.15) is 10.1 Å². The fraction of sp³-hybridized carbons (Fsp3) is 0.300. The third kappa shape index (κ3) is 2.89. The Bertz CT molecular complexity index is 555. The molecule has 0 saturated carbocycles. The van der Waals surface area contributed by atoms with Crippen LogP contribution in [0.3, 0.4) is 0 Å². The summed E-state index contributed by atoms with van der Waals surface area (Å²) in [7, 11) is -4.46. The first-order valence-corrected chi connectivity index (χ1v) is 6.17. The summed E-state index contributed by atoms with van der Waals surface area (Å²) in [5, 5.41) is 0. The zero-order chi connectivity index (χ0) is 11.9. The van der Waals surface area contributed by atoms with E-state index in [-0.39, 0.29) is 40.4 Å². The van der Waals surface area contributed by atoms with Crippen LogP contribution in [0.25, 0.3) is 0 Å². The smallest absolute Gasteiger partial charge is 0.744 e. The summed E-state index contributed by atoms with van der Waals surface area (Å²) in [6.07, 6.45) is 0.689. The largest absolute Gasteiger partial charge is 1.00 e. The minimum atomic E-state index is -4.46. The monoisotopic (exact) mass is 263 g/mol. The number of carbonyl (C=O) groups is 1. The first-order valence-electron chi connectivity index (χ1n) is 4.76. The predicted molar refractivity (Wildman–Crippen MR) is 56.1 cm³/mol. The van der Waals surface area contributed by atoms with Crippen molar-refractivity contribution in [2.45, 2.75) is 18.2 Å². The molecule has 0 N–H and O–H groups in total. The fourth-order valence-corrected chi connectivity index (χ4v) is 2.33. The van der Waals surface area contributed by atoms with Gasteiger partial charge in [-0.2, -0.15) is 0 Å². The summed E-state index contributed by atoms with van der Waals surface area (Å²) in [6, 6.07) is 4.14. The minimum absolute atomic E-state index is 0. The van der Waals surface area contributed by atoms with Crippen molar-refractivity contribution in [1.29, 1.82) is 0 Å². The average molecular weight is 263 g/mol. The quantitative estimate of drug-likeness (QED) is 0.415. The van der Waals surface area contributed by atoms with Crippen molar-refractivity contribution in [1.82, 2.24) is 0 Å². The average Bonchev–Trinajstić information content (AvgIpc) is 2.58. The van der Waals surface area contributed by atoms with Crippen LogP contribution in [0.2, 0.25) is 0 Å². The van der Waals surface area contributed by atoms with Gasteiger partial charge in [-0.15, -0.1) is 0 Å². The molecule has 1 heterocycles. The van der Waals surface area contributed by atoms with Crippen molar-refractivity contribution in [3.8, 4) is 0 Å². The van der Waals surface area contributed by atoms with Crippen molar-refractivity contribution in [3.05, 3.63) is 23.8 Å². The Morgan fingerprint density at radius 1 is 1.41 bits per heavy atom. The molecule has 1 aliphatic heterocycles. The van der Waals surface area contributed by atoms with Crippen molar-refractivity contribution < 1.29 is 47.3 Å². The van der Waals surface area contributed by atoms with E-state index in [4.69, 9.17) is 0 Å². The van der Waals surface area contributed by atoms with Crippen molar-refractivity contribution in [2.75, 3.05) is 11.4 Å². The first-order chi connectivity index (χ1) is 7.39. The number of anilines is 1. The van der Waals surface area contributed by atoms with Gasteiger partial charge in [-0.05, 0) is 24.1 Å². The van der Waals surface area contributed by atoms with Gasteiger partial charge < -0.3 is 9.45 Å². The molecule has 0 fully saturated rings.